The van der Waals surface area contributed by atoms with Gasteiger partial charge >= 0.3 is 5.97 Å². The Morgan fingerprint density at radius 2 is 2.26 bits per heavy atom. The van der Waals surface area contributed by atoms with Gasteiger partial charge in [0.2, 0.25) is 0 Å². The molecule has 0 radical (unpaired) electrons. The van der Waals surface area contributed by atoms with E-state index in [2.05, 4.69) is 5.32 Å². The van der Waals surface area contributed by atoms with Gasteiger partial charge in [0.25, 0.3) is 0 Å². The first-order valence-electron chi connectivity index (χ1n) is 6.45. The number of rotatable bonds is 5. The zero-order chi connectivity index (χ0) is 13.8. The SMILES string of the molecule is O=C(O)C1CCCC1CNCc1ccc(Cl)c(F)c1. The number of carbonyl (C=O) groups is 1. The first-order chi connectivity index (χ1) is 9.08. The fraction of sp³-hybridized carbons (Fsp3) is 0.500. The van der Waals surface area contributed by atoms with Gasteiger partial charge in [-0.2, -0.15) is 0 Å². The van der Waals surface area contributed by atoms with E-state index in [9.17, 15) is 9.18 Å². The second kappa shape index (κ2) is 6.35. The van der Waals surface area contributed by atoms with Gasteiger partial charge in [-0.1, -0.05) is 24.1 Å². The highest BCUT2D eigenvalue weighted by molar-refractivity contribution is 6.30. The van der Waals surface area contributed by atoms with E-state index in [-0.39, 0.29) is 16.9 Å². The first kappa shape index (κ1) is 14.3. The monoisotopic (exact) mass is 285 g/mol. The van der Waals surface area contributed by atoms with Gasteiger partial charge in [-0.3, -0.25) is 4.79 Å². The van der Waals surface area contributed by atoms with Crippen LogP contribution in [0, 0.1) is 17.7 Å². The van der Waals surface area contributed by atoms with E-state index in [1.54, 1.807) is 6.07 Å². The molecule has 0 heterocycles. The number of aliphatic carboxylic acids is 1. The summed E-state index contributed by atoms with van der Waals surface area (Å²) >= 11 is 5.61. The van der Waals surface area contributed by atoms with E-state index in [1.807, 2.05) is 0 Å². The van der Waals surface area contributed by atoms with Crippen molar-refractivity contribution in [2.75, 3.05) is 6.54 Å². The van der Waals surface area contributed by atoms with E-state index in [4.69, 9.17) is 16.7 Å². The molecule has 5 heteroatoms. The fourth-order valence-corrected chi connectivity index (χ4v) is 2.78. The van der Waals surface area contributed by atoms with Crippen molar-refractivity contribution >= 4 is 17.6 Å². The lowest BCUT2D eigenvalue weighted by Gasteiger charge is -2.16. The summed E-state index contributed by atoms with van der Waals surface area (Å²) in [7, 11) is 0. The van der Waals surface area contributed by atoms with Crippen molar-refractivity contribution in [3.05, 3.63) is 34.6 Å². The van der Waals surface area contributed by atoms with Crippen molar-refractivity contribution in [3.63, 3.8) is 0 Å². The van der Waals surface area contributed by atoms with Crippen LogP contribution in [0.1, 0.15) is 24.8 Å². The highest BCUT2D eigenvalue weighted by atomic mass is 35.5. The Balaban J connectivity index is 1.83. The fourth-order valence-electron chi connectivity index (χ4n) is 2.66. The number of hydrogen-bond donors (Lipinski definition) is 2. The van der Waals surface area contributed by atoms with Crippen molar-refractivity contribution in [2.45, 2.75) is 25.8 Å². The molecular formula is C14H17ClFNO2. The predicted octanol–water partition coefficient (Wildman–Crippen LogP) is 3.07. The van der Waals surface area contributed by atoms with E-state index < -0.39 is 11.8 Å². The Labute approximate surface area is 116 Å². The maximum atomic E-state index is 13.2. The van der Waals surface area contributed by atoms with Gasteiger partial charge in [0.1, 0.15) is 5.82 Å². The summed E-state index contributed by atoms with van der Waals surface area (Å²) < 4.78 is 13.2. The number of halogens is 2. The van der Waals surface area contributed by atoms with Crippen molar-refractivity contribution < 1.29 is 14.3 Å². The third-order valence-corrected chi connectivity index (χ3v) is 4.00. The Hall–Kier alpha value is -1.13. The average molecular weight is 286 g/mol. The van der Waals surface area contributed by atoms with Gasteiger partial charge in [-0.05, 0) is 43.0 Å². The summed E-state index contributed by atoms with van der Waals surface area (Å²) in [6, 6.07) is 4.70. The largest absolute Gasteiger partial charge is 0.481 e. The highest BCUT2D eigenvalue weighted by Gasteiger charge is 2.32. The lowest BCUT2D eigenvalue weighted by Crippen LogP contribution is -2.28. The van der Waals surface area contributed by atoms with Gasteiger partial charge in [0.15, 0.2) is 0 Å². The minimum absolute atomic E-state index is 0.116. The minimum atomic E-state index is -0.707. The molecule has 19 heavy (non-hydrogen) atoms. The van der Waals surface area contributed by atoms with Crippen LogP contribution in [0.2, 0.25) is 5.02 Å². The Kier molecular flexibility index (Phi) is 4.77. The molecule has 2 rings (SSSR count). The molecule has 1 saturated carbocycles. The van der Waals surface area contributed by atoms with Gasteiger partial charge in [-0.25, -0.2) is 4.39 Å². The minimum Gasteiger partial charge on any atom is -0.481 e. The van der Waals surface area contributed by atoms with E-state index >= 15 is 0 Å². The van der Waals surface area contributed by atoms with Crippen LogP contribution in [-0.4, -0.2) is 17.6 Å². The molecule has 0 amide bonds. The van der Waals surface area contributed by atoms with Gasteiger partial charge < -0.3 is 10.4 Å². The summed E-state index contributed by atoms with van der Waals surface area (Å²) in [6.45, 7) is 1.18. The molecule has 1 fully saturated rings. The van der Waals surface area contributed by atoms with Crippen LogP contribution in [0.5, 0.6) is 0 Å². The molecule has 2 N–H and O–H groups in total. The number of nitrogens with one attached hydrogen (secondary N) is 1. The molecule has 0 aliphatic heterocycles. The summed E-state index contributed by atoms with van der Waals surface area (Å²) in [5.74, 6) is -1.20. The molecule has 0 spiro atoms. The third-order valence-electron chi connectivity index (χ3n) is 3.70. The van der Waals surface area contributed by atoms with Crippen molar-refractivity contribution in [2.24, 2.45) is 11.8 Å². The first-order valence-corrected chi connectivity index (χ1v) is 6.83. The summed E-state index contributed by atoms with van der Waals surface area (Å²) in [4.78, 5) is 11.0. The normalized spacial score (nSPS) is 22.6. The Morgan fingerprint density at radius 1 is 1.47 bits per heavy atom. The number of carboxylic acids is 1. The summed E-state index contributed by atoms with van der Waals surface area (Å²) in [6.07, 6.45) is 2.68. The average Bonchev–Trinajstić information content (AvgIpc) is 2.82. The number of carboxylic acid groups (broad SMARTS) is 1. The van der Waals surface area contributed by atoms with Crippen LogP contribution in [0.25, 0.3) is 0 Å². The molecule has 1 aliphatic rings. The van der Waals surface area contributed by atoms with Crippen molar-refractivity contribution in [1.29, 1.82) is 0 Å². The van der Waals surface area contributed by atoms with Crippen LogP contribution in [0.4, 0.5) is 4.39 Å². The van der Waals surface area contributed by atoms with Crippen molar-refractivity contribution in [3.8, 4) is 0 Å². The maximum absolute atomic E-state index is 13.2. The zero-order valence-electron chi connectivity index (χ0n) is 10.5. The van der Waals surface area contributed by atoms with Crippen LogP contribution in [-0.2, 0) is 11.3 Å². The number of benzene rings is 1. The van der Waals surface area contributed by atoms with Crippen LogP contribution in [0.3, 0.4) is 0 Å². The summed E-state index contributed by atoms with van der Waals surface area (Å²) in [5, 5.41) is 12.4. The molecule has 2 atom stereocenters. The highest BCUT2D eigenvalue weighted by Crippen LogP contribution is 2.31. The molecule has 0 bridgehead atoms. The van der Waals surface area contributed by atoms with Crippen molar-refractivity contribution in [1.82, 2.24) is 5.32 Å². The third kappa shape index (κ3) is 3.67. The molecule has 0 saturated heterocycles. The van der Waals surface area contributed by atoms with Gasteiger partial charge in [0, 0.05) is 6.54 Å². The second-order valence-electron chi connectivity index (χ2n) is 5.02. The lowest BCUT2D eigenvalue weighted by molar-refractivity contribution is -0.142. The van der Waals surface area contributed by atoms with E-state index in [0.29, 0.717) is 13.1 Å². The molecule has 0 aromatic heterocycles. The van der Waals surface area contributed by atoms with Crippen LogP contribution < -0.4 is 5.32 Å². The zero-order valence-corrected chi connectivity index (χ0v) is 11.3. The molecule has 3 nitrogen and oxygen atoms in total. The molecular weight excluding hydrogens is 269 g/mol. The molecule has 104 valence electrons. The second-order valence-corrected chi connectivity index (χ2v) is 5.42. The molecule has 1 aromatic carbocycles. The standard InChI is InChI=1S/C14H17ClFNO2/c15-12-5-4-9(6-13(12)16)7-17-8-10-2-1-3-11(10)14(18)19/h4-6,10-11,17H,1-3,7-8H2,(H,18,19). The lowest BCUT2D eigenvalue weighted by atomic mass is 9.96. The predicted molar refractivity (Wildman–Crippen MR) is 71.6 cm³/mol. The quantitative estimate of drug-likeness (QED) is 0.874. The van der Waals surface area contributed by atoms with Crippen LogP contribution >= 0.6 is 11.6 Å². The maximum Gasteiger partial charge on any atom is 0.306 e. The van der Waals surface area contributed by atoms with E-state index in [1.165, 1.54) is 12.1 Å². The topological polar surface area (TPSA) is 49.3 Å². The van der Waals surface area contributed by atoms with Crippen LogP contribution in [0.15, 0.2) is 18.2 Å². The van der Waals surface area contributed by atoms with Gasteiger partial charge in [0.05, 0.1) is 10.9 Å². The molecule has 2 unspecified atom stereocenters. The number of hydrogen-bond acceptors (Lipinski definition) is 2. The van der Waals surface area contributed by atoms with Gasteiger partial charge in [-0.15, -0.1) is 0 Å². The van der Waals surface area contributed by atoms with E-state index in [0.717, 1.165) is 24.8 Å². The molecule has 1 aliphatic carbocycles. The Morgan fingerprint density at radius 3 is 2.95 bits per heavy atom. The Bertz CT molecular complexity index is 467. The smallest absolute Gasteiger partial charge is 0.306 e. The molecule has 1 aromatic rings. The summed E-state index contributed by atoms with van der Waals surface area (Å²) in [5.41, 5.74) is 0.812.